The predicted octanol–water partition coefficient (Wildman–Crippen LogP) is 3.20. The van der Waals surface area contributed by atoms with Gasteiger partial charge in [-0.1, -0.05) is 36.4 Å². The Balaban J connectivity index is 2.04. The Hall–Kier alpha value is -2.70. The Morgan fingerprint density at radius 3 is 1.93 bits per heavy atom. The van der Waals surface area contributed by atoms with Crippen molar-refractivity contribution in [1.29, 1.82) is 0 Å². The van der Waals surface area contributed by atoms with Gasteiger partial charge in [-0.3, -0.25) is 4.79 Å². The van der Waals surface area contributed by atoms with Crippen LogP contribution in [0.25, 0.3) is 0 Å². The first-order valence-electron chi connectivity index (χ1n) is 8.65. The smallest absolute Gasteiger partial charge is 0.338 e. The first-order chi connectivity index (χ1) is 13.3. The molecule has 2 aromatic rings. The fourth-order valence-electron chi connectivity index (χ4n) is 2.57. The normalized spacial score (nSPS) is 12.7. The minimum absolute atomic E-state index is 0.304. The molecule has 0 amide bonds. The van der Waals surface area contributed by atoms with Crippen molar-refractivity contribution in [3.63, 3.8) is 0 Å². The summed E-state index contributed by atoms with van der Waals surface area (Å²) in [5.41, 5.74) is 2.07. The highest BCUT2D eigenvalue weighted by molar-refractivity contribution is 6.63. The van der Waals surface area contributed by atoms with Crippen molar-refractivity contribution in [3.8, 4) is 0 Å². The van der Waals surface area contributed by atoms with Gasteiger partial charge in [-0.05, 0) is 48.7 Å². The largest absolute Gasteiger partial charge is 0.459 e. The maximum Gasteiger partial charge on any atom is 0.338 e. The third-order valence-electron chi connectivity index (χ3n) is 4.16. The standard InChI is InChI=1S/C21H21ClO6/c1-13-7-3-5-9-15(13)20(25)27-12-17(23)18(11-19(22)24)28-21(26)16-10-6-4-8-14(16)2/h3-10,17-18,23H,11-12H2,1-2H3/t17-,18+/m0/s1. The monoisotopic (exact) mass is 404 g/mol. The van der Waals surface area contributed by atoms with Gasteiger partial charge in [0.1, 0.15) is 18.8 Å². The van der Waals surface area contributed by atoms with Crippen molar-refractivity contribution in [2.24, 2.45) is 0 Å². The number of rotatable bonds is 8. The van der Waals surface area contributed by atoms with Crippen LogP contribution in [0.1, 0.15) is 38.3 Å². The van der Waals surface area contributed by atoms with Crippen molar-refractivity contribution in [2.75, 3.05) is 6.61 Å². The number of aliphatic hydroxyl groups is 1. The Morgan fingerprint density at radius 1 is 0.929 bits per heavy atom. The van der Waals surface area contributed by atoms with E-state index >= 15 is 0 Å². The zero-order valence-corrected chi connectivity index (χ0v) is 16.3. The zero-order valence-electron chi connectivity index (χ0n) is 15.6. The molecule has 0 fully saturated rings. The highest BCUT2D eigenvalue weighted by Crippen LogP contribution is 2.16. The van der Waals surface area contributed by atoms with Gasteiger partial charge in [0.15, 0.2) is 0 Å². The van der Waals surface area contributed by atoms with Crippen LogP contribution in [-0.4, -0.2) is 41.1 Å². The fraction of sp³-hybridized carbons (Fsp3) is 0.286. The summed E-state index contributed by atoms with van der Waals surface area (Å²) in [5, 5.41) is 9.54. The van der Waals surface area contributed by atoms with Gasteiger partial charge < -0.3 is 14.6 Å². The average Bonchev–Trinajstić information content (AvgIpc) is 2.65. The van der Waals surface area contributed by atoms with Crippen molar-refractivity contribution in [2.45, 2.75) is 32.5 Å². The number of hydrogen-bond acceptors (Lipinski definition) is 6. The summed E-state index contributed by atoms with van der Waals surface area (Å²) in [6.07, 6.45) is -3.08. The summed E-state index contributed by atoms with van der Waals surface area (Å²) >= 11 is 5.41. The second-order valence-electron chi connectivity index (χ2n) is 6.30. The molecule has 0 saturated carbocycles. The summed E-state index contributed by atoms with van der Waals surface area (Å²) in [4.78, 5) is 35.8. The van der Waals surface area contributed by atoms with Crippen molar-refractivity contribution >= 4 is 28.8 Å². The number of ether oxygens (including phenoxy) is 2. The van der Waals surface area contributed by atoms with E-state index in [2.05, 4.69) is 0 Å². The lowest BCUT2D eigenvalue weighted by Gasteiger charge is -2.22. The van der Waals surface area contributed by atoms with Gasteiger partial charge in [0.05, 0.1) is 17.5 Å². The van der Waals surface area contributed by atoms with E-state index in [0.29, 0.717) is 16.7 Å². The van der Waals surface area contributed by atoms with Gasteiger partial charge in [-0.15, -0.1) is 0 Å². The van der Waals surface area contributed by atoms with Gasteiger partial charge >= 0.3 is 11.9 Å². The lowest BCUT2D eigenvalue weighted by atomic mass is 10.1. The predicted molar refractivity (Wildman–Crippen MR) is 103 cm³/mol. The minimum atomic E-state index is -1.41. The van der Waals surface area contributed by atoms with E-state index in [9.17, 15) is 19.5 Å². The molecule has 0 aliphatic rings. The third-order valence-corrected chi connectivity index (χ3v) is 4.32. The third kappa shape index (κ3) is 5.90. The summed E-state index contributed by atoms with van der Waals surface area (Å²) in [6, 6.07) is 13.6. The summed E-state index contributed by atoms with van der Waals surface area (Å²) < 4.78 is 10.4. The molecule has 0 aliphatic heterocycles. The van der Waals surface area contributed by atoms with E-state index in [1.165, 1.54) is 0 Å². The highest BCUT2D eigenvalue weighted by atomic mass is 35.5. The van der Waals surface area contributed by atoms with Gasteiger partial charge in [-0.2, -0.15) is 0 Å². The van der Waals surface area contributed by atoms with Crippen LogP contribution in [0.3, 0.4) is 0 Å². The molecule has 1 N–H and O–H groups in total. The Labute approximate surface area is 168 Å². The fourth-order valence-corrected chi connectivity index (χ4v) is 2.72. The molecule has 148 valence electrons. The molecule has 0 aliphatic carbocycles. The first-order valence-corrected chi connectivity index (χ1v) is 9.03. The van der Waals surface area contributed by atoms with Crippen molar-refractivity contribution < 1.29 is 29.0 Å². The SMILES string of the molecule is Cc1ccccc1C(=O)OC[C@H](O)[C@@H](CC(=O)Cl)OC(=O)c1ccccc1C. The van der Waals surface area contributed by atoms with Crippen molar-refractivity contribution in [3.05, 3.63) is 70.8 Å². The van der Waals surface area contributed by atoms with Gasteiger partial charge in [0.25, 0.3) is 0 Å². The van der Waals surface area contributed by atoms with Crippen LogP contribution < -0.4 is 0 Å². The molecule has 0 aromatic heterocycles. The van der Waals surface area contributed by atoms with Crippen LogP contribution in [0.2, 0.25) is 0 Å². The Bertz CT molecular complexity index is 863. The molecular formula is C21H21ClO6. The van der Waals surface area contributed by atoms with E-state index in [-0.39, 0.29) is 0 Å². The van der Waals surface area contributed by atoms with Gasteiger partial charge in [0.2, 0.25) is 5.24 Å². The van der Waals surface area contributed by atoms with Crippen LogP contribution in [-0.2, 0) is 14.3 Å². The minimum Gasteiger partial charge on any atom is -0.459 e. The molecule has 2 atom stereocenters. The molecule has 28 heavy (non-hydrogen) atoms. The number of hydrogen-bond donors (Lipinski definition) is 1. The van der Waals surface area contributed by atoms with Crippen LogP contribution in [0.15, 0.2) is 48.5 Å². The van der Waals surface area contributed by atoms with E-state index in [0.717, 1.165) is 5.56 Å². The van der Waals surface area contributed by atoms with E-state index in [1.54, 1.807) is 62.4 Å². The molecule has 2 aromatic carbocycles. The maximum atomic E-state index is 12.4. The number of carbonyl (C=O) groups excluding carboxylic acids is 3. The quantitative estimate of drug-likeness (QED) is 0.536. The molecule has 0 unspecified atom stereocenters. The van der Waals surface area contributed by atoms with E-state index < -0.39 is 42.4 Å². The topological polar surface area (TPSA) is 89.9 Å². The summed E-state index contributed by atoms with van der Waals surface area (Å²) in [6.45, 7) is 3.04. The van der Waals surface area contributed by atoms with Gasteiger partial charge in [-0.25, -0.2) is 9.59 Å². The number of aliphatic hydroxyl groups excluding tert-OH is 1. The molecule has 6 nitrogen and oxygen atoms in total. The van der Waals surface area contributed by atoms with Crippen LogP contribution in [0.4, 0.5) is 0 Å². The zero-order chi connectivity index (χ0) is 20.7. The lowest BCUT2D eigenvalue weighted by molar-refractivity contribution is -0.116. The molecule has 0 bridgehead atoms. The van der Waals surface area contributed by atoms with Crippen LogP contribution >= 0.6 is 11.6 Å². The molecule has 0 radical (unpaired) electrons. The molecule has 2 rings (SSSR count). The lowest BCUT2D eigenvalue weighted by Crippen LogP contribution is -2.37. The van der Waals surface area contributed by atoms with E-state index in [1.807, 2.05) is 0 Å². The van der Waals surface area contributed by atoms with Crippen LogP contribution in [0, 0.1) is 13.8 Å². The number of halogens is 1. The molecule has 0 heterocycles. The number of carbonyl (C=O) groups is 3. The first kappa shape index (κ1) is 21.6. The average molecular weight is 405 g/mol. The maximum absolute atomic E-state index is 12.4. The van der Waals surface area contributed by atoms with Gasteiger partial charge in [0, 0.05) is 0 Å². The second-order valence-corrected chi connectivity index (χ2v) is 6.72. The van der Waals surface area contributed by atoms with Crippen LogP contribution in [0.5, 0.6) is 0 Å². The number of esters is 2. The molecule has 0 saturated heterocycles. The van der Waals surface area contributed by atoms with Crippen molar-refractivity contribution in [1.82, 2.24) is 0 Å². The Morgan fingerprint density at radius 2 is 1.43 bits per heavy atom. The second kappa shape index (κ2) is 10.0. The summed E-state index contributed by atoms with van der Waals surface area (Å²) in [5.74, 6) is -1.33. The number of benzene rings is 2. The molecule has 0 spiro atoms. The summed E-state index contributed by atoms with van der Waals surface area (Å²) in [7, 11) is 0. The molecule has 7 heteroatoms. The number of aryl methyl sites for hydroxylation is 2. The highest BCUT2D eigenvalue weighted by Gasteiger charge is 2.28. The molecular weight excluding hydrogens is 384 g/mol. The van der Waals surface area contributed by atoms with E-state index in [4.69, 9.17) is 21.1 Å². The Kier molecular flexibility index (Phi) is 7.72.